The van der Waals surface area contributed by atoms with E-state index >= 15 is 0 Å². The van der Waals surface area contributed by atoms with Crippen molar-refractivity contribution >= 4 is 33.2 Å². The summed E-state index contributed by atoms with van der Waals surface area (Å²) in [5.41, 5.74) is 0. The number of carbonyl (C=O) groups is 1. The zero-order valence-electron chi connectivity index (χ0n) is 10.3. The van der Waals surface area contributed by atoms with Gasteiger partial charge in [0.2, 0.25) is 0 Å². The van der Waals surface area contributed by atoms with Crippen LogP contribution in [0.3, 0.4) is 0 Å². The molecule has 1 unspecified atom stereocenters. The first-order chi connectivity index (χ1) is 8.65. The van der Waals surface area contributed by atoms with E-state index in [9.17, 15) is 4.79 Å². The van der Waals surface area contributed by atoms with Gasteiger partial charge in [-0.1, -0.05) is 0 Å². The van der Waals surface area contributed by atoms with Crippen LogP contribution in [0.15, 0.2) is 15.9 Å². The average molecular weight is 332 g/mol. The lowest BCUT2D eigenvalue weighted by molar-refractivity contribution is -0.137. The highest BCUT2D eigenvalue weighted by atomic mass is 79.9. The average Bonchev–Trinajstić information content (AvgIpc) is 2.73. The minimum atomic E-state index is -0.673. The smallest absolute Gasteiger partial charge is 0.303 e. The van der Waals surface area contributed by atoms with Crippen molar-refractivity contribution in [3.8, 4) is 0 Å². The summed E-state index contributed by atoms with van der Waals surface area (Å²) in [5, 5.41) is 10.8. The quantitative estimate of drug-likeness (QED) is 0.896. The van der Waals surface area contributed by atoms with Crippen LogP contribution < -0.4 is 0 Å². The Morgan fingerprint density at radius 2 is 2.44 bits per heavy atom. The summed E-state index contributed by atoms with van der Waals surface area (Å²) >= 11 is 5.34. The molecule has 1 aromatic heterocycles. The van der Waals surface area contributed by atoms with Gasteiger partial charge < -0.3 is 5.11 Å². The van der Waals surface area contributed by atoms with Crippen LogP contribution in [0.1, 0.15) is 30.6 Å². The highest BCUT2D eigenvalue weighted by Gasteiger charge is 2.21. The topological polar surface area (TPSA) is 40.5 Å². The van der Waals surface area contributed by atoms with Gasteiger partial charge in [0.05, 0.1) is 0 Å². The van der Waals surface area contributed by atoms with Gasteiger partial charge in [0.15, 0.2) is 0 Å². The van der Waals surface area contributed by atoms with E-state index in [1.54, 1.807) is 11.3 Å². The van der Waals surface area contributed by atoms with Crippen LogP contribution in [0.2, 0.25) is 0 Å². The van der Waals surface area contributed by atoms with Gasteiger partial charge in [0, 0.05) is 28.9 Å². The summed E-state index contributed by atoms with van der Waals surface area (Å²) in [6, 6.07) is 2.09. The highest BCUT2D eigenvalue weighted by molar-refractivity contribution is 9.10. The zero-order valence-corrected chi connectivity index (χ0v) is 12.7. The number of carboxylic acids is 1. The summed E-state index contributed by atoms with van der Waals surface area (Å²) in [4.78, 5) is 14.4. The number of aliphatic carboxylic acids is 1. The number of halogens is 1. The monoisotopic (exact) mass is 331 g/mol. The van der Waals surface area contributed by atoms with Crippen LogP contribution >= 0.6 is 27.3 Å². The molecule has 2 heterocycles. The Morgan fingerprint density at radius 3 is 3.11 bits per heavy atom. The van der Waals surface area contributed by atoms with Crippen molar-refractivity contribution in [2.45, 2.75) is 32.2 Å². The second-order valence-corrected chi connectivity index (χ2v) is 6.72. The zero-order chi connectivity index (χ0) is 13.0. The third-order valence-corrected chi connectivity index (χ3v) is 5.34. The minimum Gasteiger partial charge on any atom is -0.481 e. The van der Waals surface area contributed by atoms with Crippen LogP contribution in [0.4, 0.5) is 0 Å². The normalized spacial score (nSPS) is 21.1. The van der Waals surface area contributed by atoms with Crippen LogP contribution in [0, 0.1) is 5.92 Å². The molecule has 1 N–H and O–H groups in total. The van der Waals surface area contributed by atoms with Gasteiger partial charge in [-0.05, 0) is 59.1 Å². The van der Waals surface area contributed by atoms with Gasteiger partial charge in [-0.25, -0.2) is 0 Å². The molecule has 0 aliphatic carbocycles. The van der Waals surface area contributed by atoms with Crippen molar-refractivity contribution in [2.24, 2.45) is 5.92 Å². The number of nitrogens with zero attached hydrogens (tertiary/aromatic N) is 1. The molecule has 1 fully saturated rings. The fourth-order valence-electron chi connectivity index (χ4n) is 2.50. The lowest BCUT2D eigenvalue weighted by atomic mass is 9.93. The molecule has 1 atom stereocenters. The number of hydrogen-bond donors (Lipinski definition) is 1. The maximum atomic E-state index is 10.6. The first kappa shape index (κ1) is 14.0. The Balaban J connectivity index is 1.83. The van der Waals surface area contributed by atoms with Crippen molar-refractivity contribution < 1.29 is 9.90 Å². The number of piperidine rings is 1. The number of likely N-dealkylation sites (tertiary alicyclic amines) is 1. The molecule has 2 rings (SSSR count). The standard InChI is InChI=1S/C13H18BrNO2S/c14-11-5-7-18-12(11)9-15-6-1-2-10(8-15)3-4-13(16)17/h5,7,10H,1-4,6,8-9H2,(H,16,17). The molecule has 18 heavy (non-hydrogen) atoms. The predicted octanol–water partition coefficient (Wildman–Crippen LogP) is 3.59. The van der Waals surface area contributed by atoms with E-state index in [0.717, 1.165) is 26.1 Å². The van der Waals surface area contributed by atoms with Crippen molar-refractivity contribution in [3.05, 3.63) is 20.8 Å². The van der Waals surface area contributed by atoms with E-state index in [0.29, 0.717) is 12.3 Å². The molecule has 0 aromatic carbocycles. The summed E-state index contributed by atoms with van der Waals surface area (Å²) in [5.74, 6) is -0.123. The Bertz CT molecular complexity index is 407. The Kier molecular flexibility index (Phi) is 5.21. The summed E-state index contributed by atoms with van der Waals surface area (Å²) in [6.07, 6.45) is 3.49. The van der Waals surface area contributed by atoms with Gasteiger partial charge in [0.1, 0.15) is 0 Å². The van der Waals surface area contributed by atoms with Gasteiger partial charge >= 0.3 is 5.97 Å². The van der Waals surface area contributed by atoms with Crippen molar-refractivity contribution in [2.75, 3.05) is 13.1 Å². The SMILES string of the molecule is O=C(O)CCC1CCCN(Cc2sccc2Br)C1. The van der Waals surface area contributed by atoms with Gasteiger partial charge in [-0.15, -0.1) is 11.3 Å². The van der Waals surface area contributed by atoms with Crippen LogP contribution in [0.25, 0.3) is 0 Å². The maximum Gasteiger partial charge on any atom is 0.303 e. The molecule has 5 heteroatoms. The van der Waals surface area contributed by atoms with E-state index in [1.807, 2.05) is 0 Å². The number of rotatable bonds is 5. The van der Waals surface area contributed by atoms with E-state index in [2.05, 4.69) is 32.3 Å². The molecule has 1 aliphatic rings. The Morgan fingerprint density at radius 1 is 1.61 bits per heavy atom. The summed E-state index contributed by atoms with van der Waals surface area (Å²) in [7, 11) is 0. The van der Waals surface area contributed by atoms with Crippen LogP contribution in [0.5, 0.6) is 0 Å². The van der Waals surface area contributed by atoms with E-state index in [-0.39, 0.29) is 0 Å². The molecule has 0 radical (unpaired) electrons. The first-order valence-electron chi connectivity index (χ1n) is 6.31. The third kappa shape index (κ3) is 4.07. The van der Waals surface area contributed by atoms with Crippen molar-refractivity contribution in [3.63, 3.8) is 0 Å². The number of thiophene rings is 1. The van der Waals surface area contributed by atoms with Crippen molar-refractivity contribution in [1.82, 2.24) is 4.90 Å². The van der Waals surface area contributed by atoms with E-state index in [4.69, 9.17) is 5.11 Å². The maximum absolute atomic E-state index is 10.6. The third-order valence-electron chi connectivity index (χ3n) is 3.43. The second kappa shape index (κ2) is 6.68. The summed E-state index contributed by atoms with van der Waals surface area (Å²) in [6.45, 7) is 3.16. The minimum absolute atomic E-state index is 0.307. The largest absolute Gasteiger partial charge is 0.481 e. The molecule has 1 saturated heterocycles. The molecular formula is C13H18BrNO2S. The van der Waals surface area contributed by atoms with Gasteiger partial charge in [0.25, 0.3) is 0 Å². The molecule has 1 aliphatic heterocycles. The van der Waals surface area contributed by atoms with Crippen LogP contribution in [-0.4, -0.2) is 29.1 Å². The van der Waals surface area contributed by atoms with E-state index in [1.165, 1.54) is 22.2 Å². The van der Waals surface area contributed by atoms with Crippen LogP contribution in [-0.2, 0) is 11.3 Å². The molecule has 0 bridgehead atoms. The van der Waals surface area contributed by atoms with Gasteiger partial charge in [-0.2, -0.15) is 0 Å². The molecule has 1 aromatic rings. The second-order valence-electron chi connectivity index (χ2n) is 4.87. The molecule has 100 valence electrons. The molecule has 0 amide bonds. The fraction of sp³-hybridized carbons (Fsp3) is 0.615. The van der Waals surface area contributed by atoms with E-state index < -0.39 is 5.97 Å². The fourth-order valence-corrected chi connectivity index (χ4v) is 4.02. The molecule has 3 nitrogen and oxygen atoms in total. The lowest BCUT2D eigenvalue weighted by Gasteiger charge is -2.32. The highest BCUT2D eigenvalue weighted by Crippen LogP contribution is 2.27. The van der Waals surface area contributed by atoms with Crippen molar-refractivity contribution in [1.29, 1.82) is 0 Å². The lowest BCUT2D eigenvalue weighted by Crippen LogP contribution is -2.34. The Labute approximate surface area is 120 Å². The molecule has 0 spiro atoms. The number of hydrogen-bond acceptors (Lipinski definition) is 3. The van der Waals surface area contributed by atoms with Gasteiger partial charge in [-0.3, -0.25) is 9.69 Å². The molecule has 0 saturated carbocycles. The Hall–Kier alpha value is -0.390. The number of carboxylic acid groups (broad SMARTS) is 1. The molecular weight excluding hydrogens is 314 g/mol. The summed E-state index contributed by atoms with van der Waals surface area (Å²) < 4.78 is 1.19. The predicted molar refractivity (Wildman–Crippen MR) is 76.9 cm³/mol. The first-order valence-corrected chi connectivity index (χ1v) is 7.98.